The van der Waals surface area contributed by atoms with Gasteiger partial charge < -0.3 is 9.47 Å². The Morgan fingerprint density at radius 1 is 1.04 bits per heavy atom. The number of aromatic nitrogens is 2. The first-order chi connectivity index (χ1) is 12.9. The van der Waals surface area contributed by atoms with E-state index in [9.17, 15) is 0 Å². The van der Waals surface area contributed by atoms with Gasteiger partial charge in [-0.15, -0.1) is 0 Å². The molecule has 0 saturated carbocycles. The van der Waals surface area contributed by atoms with Crippen LogP contribution in [0.25, 0.3) is 23.1 Å². The predicted octanol–water partition coefficient (Wildman–Crippen LogP) is 3.44. The van der Waals surface area contributed by atoms with Crippen LogP contribution in [0.3, 0.4) is 0 Å². The lowest BCUT2D eigenvalue weighted by molar-refractivity contribution is 0.0322. The van der Waals surface area contributed by atoms with E-state index in [1.165, 1.54) is 0 Å². The summed E-state index contributed by atoms with van der Waals surface area (Å²) in [6.45, 7) is 5.29. The maximum Gasteiger partial charge on any atom is 0.119 e. The molecular formula is C21H23N3O2. The Bertz CT molecular complexity index is 864. The fraction of sp³-hybridized carbons (Fsp3) is 0.286. The molecule has 0 aliphatic carbocycles. The van der Waals surface area contributed by atoms with Gasteiger partial charge in [-0.05, 0) is 29.8 Å². The number of hydrogen-bond donors (Lipinski definition) is 1. The van der Waals surface area contributed by atoms with Gasteiger partial charge in [0.2, 0.25) is 0 Å². The number of aromatic amines is 1. The summed E-state index contributed by atoms with van der Waals surface area (Å²) in [5, 5.41) is 8.54. The third kappa shape index (κ3) is 4.12. The van der Waals surface area contributed by atoms with Gasteiger partial charge in [0.15, 0.2) is 0 Å². The molecule has 0 atom stereocenters. The Balaban J connectivity index is 1.32. The number of rotatable bonds is 6. The summed E-state index contributed by atoms with van der Waals surface area (Å²) < 4.78 is 11.2. The summed E-state index contributed by atoms with van der Waals surface area (Å²) in [6, 6.07) is 16.3. The molecule has 0 spiro atoms. The topological polar surface area (TPSA) is 50.4 Å². The van der Waals surface area contributed by atoms with Crippen LogP contribution in [-0.2, 0) is 4.74 Å². The van der Waals surface area contributed by atoms with Gasteiger partial charge in [-0.2, -0.15) is 5.10 Å². The molecule has 4 rings (SSSR count). The number of para-hydroxylation sites is 1. The Hall–Kier alpha value is -2.63. The summed E-state index contributed by atoms with van der Waals surface area (Å²) in [4.78, 5) is 2.37. The monoisotopic (exact) mass is 349 g/mol. The molecule has 5 nitrogen and oxygen atoms in total. The van der Waals surface area contributed by atoms with E-state index in [-0.39, 0.29) is 0 Å². The molecule has 1 aliphatic rings. The molecule has 0 unspecified atom stereocenters. The molecule has 1 aliphatic heterocycles. The zero-order chi connectivity index (χ0) is 17.6. The van der Waals surface area contributed by atoms with Crippen LogP contribution >= 0.6 is 0 Å². The Morgan fingerprint density at radius 2 is 1.85 bits per heavy atom. The first kappa shape index (κ1) is 16.8. The minimum Gasteiger partial charge on any atom is -0.492 e. The fourth-order valence-electron chi connectivity index (χ4n) is 3.08. The third-order valence-corrected chi connectivity index (χ3v) is 4.59. The van der Waals surface area contributed by atoms with Crippen molar-refractivity contribution in [1.29, 1.82) is 0 Å². The molecule has 2 aromatic carbocycles. The van der Waals surface area contributed by atoms with Crippen molar-refractivity contribution in [3.8, 4) is 5.75 Å². The second-order valence-electron chi connectivity index (χ2n) is 6.36. The first-order valence-corrected chi connectivity index (χ1v) is 9.03. The lowest BCUT2D eigenvalue weighted by Gasteiger charge is -2.26. The quantitative estimate of drug-likeness (QED) is 0.741. The van der Waals surface area contributed by atoms with Crippen LogP contribution in [0.4, 0.5) is 0 Å². The highest BCUT2D eigenvalue weighted by Gasteiger charge is 2.09. The molecule has 26 heavy (non-hydrogen) atoms. The van der Waals surface area contributed by atoms with Gasteiger partial charge in [0.25, 0.3) is 0 Å². The van der Waals surface area contributed by atoms with E-state index in [0.29, 0.717) is 6.61 Å². The highest BCUT2D eigenvalue weighted by Crippen LogP contribution is 2.19. The van der Waals surface area contributed by atoms with Crippen molar-refractivity contribution in [2.75, 3.05) is 39.5 Å². The number of ether oxygens (including phenoxy) is 2. The number of benzene rings is 2. The fourth-order valence-corrected chi connectivity index (χ4v) is 3.08. The van der Waals surface area contributed by atoms with Crippen LogP contribution in [0.1, 0.15) is 11.3 Å². The number of hydrogen-bond acceptors (Lipinski definition) is 4. The molecule has 0 radical (unpaired) electrons. The van der Waals surface area contributed by atoms with E-state index in [1.807, 2.05) is 36.4 Å². The van der Waals surface area contributed by atoms with Crippen molar-refractivity contribution < 1.29 is 9.47 Å². The molecular weight excluding hydrogens is 326 g/mol. The summed E-state index contributed by atoms with van der Waals surface area (Å²) in [5.74, 6) is 0.903. The van der Waals surface area contributed by atoms with Crippen molar-refractivity contribution >= 4 is 23.1 Å². The number of nitrogens with zero attached hydrogens (tertiary/aromatic N) is 2. The zero-order valence-electron chi connectivity index (χ0n) is 14.7. The lowest BCUT2D eigenvalue weighted by Crippen LogP contribution is -2.38. The average Bonchev–Trinajstić information content (AvgIpc) is 3.11. The Kier molecular flexibility index (Phi) is 5.28. The van der Waals surface area contributed by atoms with Crippen LogP contribution in [0.15, 0.2) is 48.5 Å². The summed E-state index contributed by atoms with van der Waals surface area (Å²) in [5.41, 5.74) is 3.13. The van der Waals surface area contributed by atoms with Crippen molar-refractivity contribution in [3.05, 3.63) is 59.8 Å². The Labute approximate surface area is 153 Å². The van der Waals surface area contributed by atoms with Crippen LogP contribution in [-0.4, -0.2) is 54.6 Å². The first-order valence-electron chi connectivity index (χ1n) is 9.03. The van der Waals surface area contributed by atoms with Crippen molar-refractivity contribution in [2.24, 2.45) is 0 Å². The van der Waals surface area contributed by atoms with Crippen molar-refractivity contribution in [3.63, 3.8) is 0 Å². The lowest BCUT2D eigenvalue weighted by atomic mass is 10.1. The summed E-state index contributed by atoms with van der Waals surface area (Å²) in [7, 11) is 0. The standard InChI is InChI=1S/C21H23N3O2/c1-2-4-20-19(3-1)21(23-22-20)10-7-17-5-8-18(9-6-17)26-16-13-24-11-14-25-15-12-24/h1-10H,11-16H2,(H,22,23)/b10-7+. The van der Waals surface area contributed by atoms with Gasteiger partial charge in [0, 0.05) is 25.0 Å². The molecule has 1 fully saturated rings. The molecule has 1 saturated heterocycles. The van der Waals surface area contributed by atoms with Crippen molar-refractivity contribution in [2.45, 2.75) is 0 Å². The second-order valence-corrected chi connectivity index (χ2v) is 6.36. The van der Waals surface area contributed by atoms with Crippen LogP contribution < -0.4 is 4.74 Å². The number of morpholine rings is 1. The number of fused-ring (bicyclic) bond motifs is 1. The zero-order valence-corrected chi connectivity index (χ0v) is 14.7. The average molecular weight is 349 g/mol. The number of H-pyrrole nitrogens is 1. The van der Waals surface area contributed by atoms with Gasteiger partial charge in [-0.25, -0.2) is 0 Å². The van der Waals surface area contributed by atoms with E-state index in [0.717, 1.165) is 60.8 Å². The highest BCUT2D eigenvalue weighted by molar-refractivity contribution is 5.89. The van der Waals surface area contributed by atoms with E-state index < -0.39 is 0 Å². The maximum absolute atomic E-state index is 5.85. The van der Waals surface area contributed by atoms with Crippen molar-refractivity contribution in [1.82, 2.24) is 15.1 Å². The van der Waals surface area contributed by atoms with Gasteiger partial charge in [-0.3, -0.25) is 10.00 Å². The molecule has 3 aromatic rings. The minimum atomic E-state index is 0.703. The molecule has 5 heteroatoms. The molecule has 1 aromatic heterocycles. The van der Waals surface area contributed by atoms with Crippen LogP contribution in [0.5, 0.6) is 5.75 Å². The second kappa shape index (κ2) is 8.17. The van der Waals surface area contributed by atoms with E-state index in [2.05, 4.69) is 39.4 Å². The highest BCUT2D eigenvalue weighted by atomic mass is 16.5. The minimum absolute atomic E-state index is 0.703. The predicted molar refractivity (Wildman–Crippen MR) is 104 cm³/mol. The third-order valence-electron chi connectivity index (χ3n) is 4.59. The van der Waals surface area contributed by atoms with Gasteiger partial charge in [-0.1, -0.05) is 36.4 Å². The van der Waals surface area contributed by atoms with Gasteiger partial charge in [0.05, 0.1) is 24.4 Å². The summed E-state index contributed by atoms with van der Waals surface area (Å²) in [6.07, 6.45) is 4.10. The largest absolute Gasteiger partial charge is 0.492 e. The SMILES string of the molecule is C(=C\c1n[nH]c2ccccc12)/c1ccc(OCCN2CCOCC2)cc1. The molecule has 134 valence electrons. The molecule has 2 heterocycles. The molecule has 1 N–H and O–H groups in total. The normalized spacial score (nSPS) is 15.7. The van der Waals surface area contributed by atoms with Crippen LogP contribution in [0.2, 0.25) is 0 Å². The van der Waals surface area contributed by atoms with E-state index >= 15 is 0 Å². The van der Waals surface area contributed by atoms with Gasteiger partial charge in [0.1, 0.15) is 12.4 Å². The van der Waals surface area contributed by atoms with E-state index in [1.54, 1.807) is 0 Å². The summed E-state index contributed by atoms with van der Waals surface area (Å²) >= 11 is 0. The van der Waals surface area contributed by atoms with E-state index in [4.69, 9.17) is 9.47 Å². The molecule has 0 amide bonds. The van der Waals surface area contributed by atoms with Gasteiger partial charge >= 0.3 is 0 Å². The molecule has 0 bridgehead atoms. The maximum atomic E-state index is 5.85. The Morgan fingerprint density at radius 3 is 2.69 bits per heavy atom. The number of nitrogens with one attached hydrogen (secondary N) is 1. The smallest absolute Gasteiger partial charge is 0.119 e. The van der Waals surface area contributed by atoms with Crippen LogP contribution in [0, 0.1) is 0 Å².